The van der Waals surface area contributed by atoms with Crippen LogP contribution in [-0.2, 0) is 9.47 Å². The van der Waals surface area contributed by atoms with Crippen molar-refractivity contribution in [3.8, 4) is 0 Å². The lowest BCUT2D eigenvalue weighted by atomic mass is 9.83. The smallest absolute Gasteiger partial charge is 0.173 e. The molecule has 0 bridgehead atoms. The third-order valence-corrected chi connectivity index (χ3v) is 3.03. The van der Waals surface area contributed by atoms with Gasteiger partial charge in [0.05, 0.1) is 13.2 Å². The van der Waals surface area contributed by atoms with Crippen LogP contribution in [0.4, 0.5) is 0 Å². The number of nitrogens with zero attached hydrogens (tertiary/aromatic N) is 3. The molecule has 88 valence electrons. The van der Waals surface area contributed by atoms with Gasteiger partial charge in [0.2, 0.25) is 0 Å². The molecule has 8 nitrogen and oxygen atoms in total. The van der Waals surface area contributed by atoms with Crippen molar-refractivity contribution < 1.29 is 9.47 Å². The number of nitroso groups, excluding NO2 is 3. The Kier molecular flexibility index (Phi) is 3.01. The predicted molar refractivity (Wildman–Crippen MR) is 52.6 cm³/mol. The molecule has 0 amide bonds. The molecule has 0 aromatic rings. The summed E-state index contributed by atoms with van der Waals surface area (Å²) in [6, 6.07) is -2.83. The zero-order chi connectivity index (χ0) is 11.6. The van der Waals surface area contributed by atoms with E-state index in [1.807, 2.05) is 0 Å². The standard InChI is InChI=1S/C8H11N3O5/c12-9-5-3-8(15-1-2-16-8)4-6(10-13)7(5)11-14/h5-7H,1-4H2. The molecule has 0 radical (unpaired) electrons. The summed E-state index contributed by atoms with van der Waals surface area (Å²) in [7, 11) is 0. The number of hydrogen-bond acceptors (Lipinski definition) is 8. The van der Waals surface area contributed by atoms with Gasteiger partial charge < -0.3 is 9.47 Å². The van der Waals surface area contributed by atoms with Gasteiger partial charge in [0.1, 0.15) is 18.1 Å². The first kappa shape index (κ1) is 11.2. The fourth-order valence-corrected chi connectivity index (χ4v) is 2.29. The second kappa shape index (κ2) is 4.30. The van der Waals surface area contributed by atoms with Crippen molar-refractivity contribution >= 4 is 0 Å². The van der Waals surface area contributed by atoms with E-state index in [-0.39, 0.29) is 12.8 Å². The van der Waals surface area contributed by atoms with Gasteiger partial charge in [-0.25, -0.2) is 0 Å². The average Bonchev–Trinajstić information content (AvgIpc) is 2.76. The highest BCUT2D eigenvalue weighted by Gasteiger charge is 2.52. The summed E-state index contributed by atoms with van der Waals surface area (Å²) >= 11 is 0. The third-order valence-electron chi connectivity index (χ3n) is 3.03. The van der Waals surface area contributed by atoms with Crippen molar-refractivity contribution in [2.24, 2.45) is 15.5 Å². The first-order chi connectivity index (χ1) is 7.74. The molecule has 1 saturated carbocycles. The number of ether oxygens (including phenoxy) is 2. The summed E-state index contributed by atoms with van der Waals surface area (Å²) in [6.45, 7) is 0.798. The SMILES string of the molecule is O=NC1CC2(CC(N=O)C1N=O)OCCO2. The van der Waals surface area contributed by atoms with Gasteiger partial charge in [-0.1, -0.05) is 15.5 Å². The molecule has 16 heavy (non-hydrogen) atoms. The van der Waals surface area contributed by atoms with Crippen LogP contribution in [0.2, 0.25) is 0 Å². The fourth-order valence-electron chi connectivity index (χ4n) is 2.29. The lowest BCUT2D eigenvalue weighted by Crippen LogP contribution is -2.50. The second-order valence-electron chi connectivity index (χ2n) is 3.96. The highest BCUT2D eigenvalue weighted by Crippen LogP contribution is 2.39. The molecule has 2 aliphatic rings. The summed E-state index contributed by atoms with van der Waals surface area (Å²) in [5.74, 6) is -0.988. The van der Waals surface area contributed by atoms with E-state index in [1.165, 1.54) is 0 Å². The Morgan fingerprint density at radius 2 is 1.38 bits per heavy atom. The number of hydrogen-bond donors (Lipinski definition) is 0. The van der Waals surface area contributed by atoms with E-state index in [9.17, 15) is 14.7 Å². The van der Waals surface area contributed by atoms with Crippen molar-refractivity contribution in [3.63, 3.8) is 0 Å². The molecule has 1 aliphatic carbocycles. The Balaban J connectivity index is 2.21. The summed E-state index contributed by atoms with van der Waals surface area (Å²) in [6.07, 6.45) is 0.303. The van der Waals surface area contributed by atoms with Crippen LogP contribution in [0.3, 0.4) is 0 Å². The maximum Gasteiger partial charge on any atom is 0.173 e. The van der Waals surface area contributed by atoms with Crippen molar-refractivity contribution in [3.05, 3.63) is 14.7 Å². The van der Waals surface area contributed by atoms with E-state index >= 15 is 0 Å². The van der Waals surface area contributed by atoms with Gasteiger partial charge in [-0.2, -0.15) is 14.7 Å². The predicted octanol–water partition coefficient (Wildman–Crippen LogP) is 0.928. The van der Waals surface area contributed by atoms with Crippen LogP contribution in [-0.4, -0.2) is 37.1 Å². The van der Waals surface area contributed by atoms with Gasteiger partial charge in [-0.15, -0.1) is 0 Å². The van der Waals surface area contributed by atoms with Crippen LogP contribution in [0.5, 0.6) is 0 Å². The van der Waals surface area contributed by atoms with Gasteiger partial charge in [0.25, 0.3) is 0 Å². The Hall–Kier alpha value is -1.28. The highest BCUT2D eigenvalue weighted by atomic mass is 16.7. The molecule has 1 heterocycles. The molecule has 0 aromatic heterocycles. The Bertz CT molecular complexity index is 284. The minimum absolute atomic E-state index is 0.152. The summed E-state index contributed by atoms with van der Waals surface area (Å²) in [5.41, 5.74) is 0. The normalized spacial score (nSPS) is 37.1. The fraction of sp³-hybridized carbons (Fsp3) is 1.00. The lowest BCUT2D eigenvalue weighted by Gasteiger charge is -2.37. The maximum absolute atomic E-state index is 10.6. The maximum atomic E-state index is 10.6. The Morgan fingerprint density at radius 3 is 1.75 bits per heavy atom. The molecule has 2 fully saturated rings. The van der Waals surface area contributed by atoms with Crippen LogP contribution in [0.25, 0.3) is 0 Å². The molecule has 0 aromatic carbocycles. The van der Waals surface area contributed by atoms with Crippen molar-refractivity contribution in [2.45, 2.75) is 36.8 Å². The van der Waals surface area contributed by atoms with E-state index in [4.69, 9.17) is 9.47 Å². The van der Waals surface area contributed by atoms with E-state index in [2.05, 4.69) is 15.5 Å². The molecule has 2 unspecified atom stereocenters. The van der Waals surface area contributed by atoms with Crippen molar-refractivity contribution in [1.82, 2.24) is 0 Å². The summed E-state index contributed by atoms with van der Waals surface area (Å²) < 4.78 is 10.7. The molecule has 8 heteroatoms. The molecular weight excluding hydrogens is 218 g/mol. The highest BCUT2D eigenvalue weighted by molar-refractivity contribution is 5.03. The monoisotopic (exact) mass is 229 g/mol. The van der Waals surface area contributed by atoms with Crippen molar-refractivity contribution in [2.75, 3.05) is 13.2 Å². The van der Waals surface area contributed by atoms with E-state index in [0.717, 1.165) is 0 Å². The first-order valence-electron chi connectivity index (χ1n) is 5.00. The lowest BCUT2D eigenvalue weighted by molar-refractivity contribution is -0.184. The van der Waals surface area contributed by atoms with Crippen LogP contribution in [0.1, 0.15) is 12.8 Å². The van der Waals surface area contributed by atoms with Crippen LogP contribution < -0.4 is 0 Å². The third kappa shape index (κ3) is 1.74. The molecule has 1 spiro atoms. The van der Waals surface area contributed by atoms with Gasteiger partial charge in [-0.3, -0.25) is 0 Å². The molecule has 2 rings (SSSR count). The summed E-state index contributed by atoms with van der Waals surface area (Å²) in [5, 5.41) is 8.39. The second-order valence-corrected chi connectivity index (χ2v) is 3.96. The first-order valence-corrected chi connectivity index (χ1v) is 5.00. The van der Waals surface area contributed by atoms with E-state index in [0.29, 0.717) is 13.2 Å². The molecule has 2 atom stereocenters. The Morgan fingerprint density at radius 1 is 0.875 bits per heavy atom. The van der Waals surface area contributed by atoms with Crippen LogP contribution in [0.15, 0.2) is 15.5 Å². The zero-order valence-electron chi connectivity index (χ0n) is 8.44. The van der Waals surface area contributed by atoms with Crippen molar-refractivity contribution in [1.29, 1.82) is 0 Å². The molecular formula is C8H11N3O5. The quantitative estimate of drug-likeness (QED) is 0.669. The zero-order valence-corrected chi connectivity index (χ0v) is 8.44. The van der Waals surface area contributed by atoms with E-state index < -0.39 is 23.9 Å². The minimum atomic E-state index is -1.01. The van der Waals surface area contributed by atoms with Crippen LogP contribution >= 0.6 is 0 Å². The Labute approximate surface area is 90.6 Å². The van der Waals surface area contributed by atoms with Gasteiger partial charge in [-0.05, 0) is 0 Å². The topological polar surface area (TPSA) is 107 Å². The minimum Gasteiger partial charge on any atom is -0.347 e. The van der Waals surface area contributed by atoms with E-state index in [1.54, 1.807) is 0 Å². The largest absolute Gasteiger partial charge is 0.347 e. The number of rotatable bonds is 3. The van der Waals surface area contributed by atoms with Gasteiger partial charge >= 0.3 is 0 Å². The average molecular weight is 229 g/mol. The summed E-state index contributed by atoms with van der Waals surface area (Å²) in [4.78, 5) is 31.8. The van der Waals surface area contributed by atoms with Gasteiger partial charge in [0, 0.05) is 12.8 Å². The molecule has 1 saturated heterocycles. The molecule has 1 aliphatic heterocycles. The van der Waals surface area contributed by atoms with Gasteiger partial charge in [0.15, 0.2) is 5.79 Å². The van der Waals surface area contributed by atoms with Crippen LogP contribution in [0, 0.1) is 14.7 Å². The molecule has 0 N–H and O–H groups in total.